The maximum Gasteiger partial charge on any atom is 0.0784 e. The van der Waals surface area contributed by atoms with Crippen LogP contribution in [0.3, 0.4) is 0 Å². The number of allylic oxidation sites excluding steroid dienone is 3. The van der Waals surface area contributed by atoms with Gasteiger partial charge in [0.1, 0.15) is 0 Å². The van der Waals surface area contributed by atoms with Gasteiger partial charge in [-0.25, -0.2) is 0 Å². The van der Waals surface area contributed by atoms with Gasteiger partial charge >= 0.3 is 0 Å². The Hall–Kier alpha value is -0.860. The number of fused-ring (bicyclic) bond motifs is 1. The van der Waals surface area contributed by atoms with Crippen LogP contribution >= 0.6 is 0 Å². The normalized spacial score (nSPS) is 39.2. The molecule has 0 radical (unpaired) electrons. The van der Waals surface area contributed by atoms with Crippen LogP contribution in [0.4, 0.5) is 0 Å². The van der Waals surface area contributed by atoms with Crippen molar-refractivity contribution < 1.29 is 10.2 Å². The van der Waals surface area contributed by atoms with Gasteiger partial charge in [0.25, 0.3) is 0 Å². The van der Waals surface area contributed by atoms with Crippen LogP contribution in [0.15, 0.2) is 35.5 Å². The summed E-state index contributed by atoms with van der Waals surface area (Å²) in [5.74, 6) is 2.33. The van der Waals surface area contributed by atoms with E-state index in [4.69, 9.17) is 0 Å². The zero-order valence-corrected chi connectivity index (χ0v) is 20.2. The fourth-order valence-corrected chi connectivity index (χ4v) is 7.81. The first kappa shape index (κ1) is 23.3. The molecule has 4 saturated carbocycles. The maximum absolute atomic E-state index is 10.7. The molecule has 0 spiro atoms. The summed E-state index contributed by atoms with van der Waals surface area (Å²) < 4.78 is 0. The summed E-state index contributed by atoms with van der Waals surface area (Å²) in [6.45, 7) is 9.08. The van der Waals surface area contributed by atoms with Crippen molar-refractivity contribution in [1.82, 2.24) is 0 Å². The first-order valence-electron chi connectivity index (χ1n) is 13.3. The Kier molecular flexibility index (Phi) is 7.18. The molecule has 5 unspecified atom stereocenters. The average Bonchev–Trinajstić information content (AvgIpc) is 3.32. The fraction of sp³-hybridized carbons (Fsp3) is 0.793. The first-order valence-corrected chi connectivity index (χ1v) is 13.3. The highest BCUT2D eigenvalue weighted by Crippen LogP contribution is 2.60. The third-order valence-corrected chi connectivity index (χ3v) is 9.79. The van der Waals surface area contributed by atoms with Gasteiger partial charge in [0.2, 0.25) is 0 Å². The summed E-state index contributed by atoms with van der Waals surface area (Å²) in [4.78, 5) is 0. The van der Waals surface area contributed by atoms with E-state index in [0.29, 0.717) is 5.41 Å². The Morgan fingerprint density at radius 1 is 1.06 bits per heavy atom. The monoisotopic (exact) mass is 426 g/mol. The van der Waals surface area contributed by atoms with E-state index in [1.54, 1.807) is 5.57 Å². The smallest absolute Gasteiger partial charge is 0.0784 e. The quantitative estimate of drug-likeness (QED) is 0.438. The van der Waals surface area contributed by atoms with Gasteiger partial charge in [-0.15, -0.1) is 0 Å². The Bertz CT molecular complexity index is 710. The lowest BCUT2D eigenvalue weighted by molar-refractivity contribution is 0.0319. The average molecular weight is 427 g/mol. The Labute approximate surface area is 190 Å². The molecule has 4 fully saturated rings. The van der Waals surface area contributed by atoms with E-state index in [9.17, 15) is 10.2 Å². The van der Waals surface area contributed by atoms with Gasteiger partial charge in [0.05, 0.1) is 11.7 Å². The lowest BCUT2D eigenvalue weighted by Crippen LogP contribution is -2.36. The summed E-state index contributed by atoms with van der Waals surface area (Å²) in [5.41, 5.74) is 4.19. The topological polar surface area (TPSA) is 40.5 Å². The molecule has 4 aliphatic rings. The minimum atomic E-state index is -0.339. The summed E-state index contributed by atoms with van der Waals surface area (Å²) in [5, 5.41) is 20.9. The van der Waals surface area contributed by atoms with E-state index in [0.717, 1.165) is 61.9 Å². The molecule has 0 amide bonds. The van der Waals surface area contributed by atoms with Gasteiger partial charge in [-0.05, 0) is 99.4 Å². The van der Waals surface area contributed by atoms with Crippen molar-refractivity contribution >= 4 is 0 Å². The Balaban J connectivity index is 1.37. The van der Waals surface area contributed by atoms with Crippen LogP contribution in [0.25, 0.3) is 0 Å². The molecule has 2 nitrogen and oxygen atoms in total. The molecule has 4 rings (SSSR count). The molecule has 2 N–H and O–H groups in total. The highest BCUT2D eigenvalue weighted by atomic mass is 16.3. The largest absolute Gasteiger partial charge is 0.390 e. The van der Waals surface area contributed by atoms with E-state index in [1.807, 2.05) is 0 Å². The van der Waals surface area contributed by atoms with Crippen LogP contribution in [-0.2, 0) is 0 Å². The predicted molar refractivity (Wildman–Crippen MR) is 130 cm³/mol. The van der Waals surface area contributed by atoms with Crippen LogP contribution in [0.2, 0.25) is 0 Å². The van der Waals surface area contributed by atoms with Gasteiger partial charge in [-0.2, -0.15) is 0 Å². The van der Waals surface area contributed by atoms with Crippen LogP contribution < -0.4 is 0 Å². The van der Waals surface area contributed by atoms with Crippen LogP contribution in [-0.4, -0.2) is 21.9 Å². The summed E-state index contributed by atoms with van der Waals surface area (Å²) >= 11 is 0. The van der Waals surface area contributed by atoms with E-state index < -0.39 is 0 Å². The summed E-state index contributed by atoms with van der Waals surface area (Å²) in [6.07, 6.45) is 21.9. The molecule has 2 heteroatoms. The molecule has 0 aromatic carbocycles. The van der Waals surface area contributed by atoms with Crippen molar-refractivity contribution in [2.45, 2.75) is 122 Å². The third kappa shape index (κ3) is 5.06. The van der Waals surface area contributed by atoms with Crippen LogP contribution in [0, 0.1) is 23.2 Å². The van der Waals surface area contributed by atoms with Crippen molar-refractivity contribution in [2.75, 3.05) is 0 Å². The standard InChI is InChI=1S/C29H46O2/c1-21(8-6-19-29(31)17-4-5-18-29)25-14-15-26-24(9-7-16-28(25,26)3)13-12-23-11-10-22(2)27(30)20-23/h12-13,21,25-27,30-31H,2,4-11,14-20H2,1,3H3/b23-12-,24-13+. The number of hydrogen-bond donors (Lipinski definition) is 2. The Morgan fingerprint density at radius 2 is 1.84 bits per heavy atom. The van der Waals surface area contributed by atoms with Gasteiger partial charge in [0.15, 0.2) is 0 Å². The summed E-state index contributed by atoms with van der Waals surface area (Å²) in [6, 6.07) is 0. The minimum absolute atomic E-state index is 0.338. The van der Waals surface area contributed by atoms with Crippen LogP contribution in [0.5, 0.6) is 0 Å². The van der Waals surface area contributed by atoms with Crippen molar-refractivity contribution in [3.8, 4) is 0 Å². The number of aliphatic hydroxyl groups excluding tert-OH is 1. The van der Waals surface area contributed by atoms with Crippen molar-refractivity contribution in [3.05, 3.63) is 35.5 Å². The van der Waals surface area contributed by atoms with E-state index in [1.165, 1.54) is 63.4 Å². The molecule has 0 bridgehead atoms. The molecule has 0 saturated heterocycles. The van der Waals surface area contributed by atoms with E-state index in [-0.39, 0.29) is 11.7 Å². The molecule has 5 atom stereocenters. The highest BCUT2D eigenvalue weighted by molar-refractivity contribution is 5.28. The molecule has 0 aliphatic heterocycles. The maximum atomic E-state index is 10.7. The molecule has 0 aromatic heterocycles. The first-order chi connectivity index (χ1) is 14.8. The molecule has 174 valence electrons. The fourth-order valence-electron chi connectivity index (χ4n) is 7.81. The third-order valence-electron chi connectivity index (χ3n) is 9.79. The van der Waals surface area contributed by atoms with Crippen molar-refractivity contribution in [2.24, 2.45) is 23.2 Å². The molecule has 4 aliphatic carbocycles. The molecule has 0 heterocycles. The molecule has 0 aromatic rings. The molecular weight excluding hydrogens is 380 g/mol. The van der Waals surface area contributed by atoms with Crippen LogP contribution in [0.1, 0.15) is 110 Å². The van der Waals surface area contributed by atoms with Gasteiger partial charge in [-0.3, -0.25) is 0 Å². The van der Waals surface area contributed by atoms with Crippen molar-refractivity contribution in [1.29, 1.82) is 0 Å². The second-order valence-electron chi connectivity index (χ2n) is 11.8. The summed E-state index contributed by atoms with van der Waals surface area (Å²) in [7, 11) is 0. The Morgan fingerprint density at radius 3 is 2.58 bits per heavy atom. The molecular formula is C29H46O2. The van der Waals surface area contributed by atoms with Crippen molar-refractivity contribution in [3.63, 3.8) is 0 Å². The zero-order valence-electron chi connectivity index (χ0n) is 20.2. The van der Waals surface area contributed by atoms with Gasteiger partial charge in [0, 0.05) is 0 Å². The second kappa shape index (κ2) is 9.56. The van der Waals surface area contributed by atoms with Gasteiger partial charge in [-0.1, -0.05) is 69.4 Å². The minimum Gasteiger partial charge on any atom is -0.390 e. The second-order valence-corrected chi connectivity index (χ2v) is 11.8. The number of rotatable bonds is 6. The lowest BCUT2D eigenvalue weighted by atomic mass is 9.60. The lowest BCUT2D eigenvalue weighted by Gasteiger charge is -2.44. The number of aliphatic hydroxyl groups is 2. The SMILES string of the molecule is C=C1CC/C(=C/C=C2\CCCC3(C)C2CCC3C(C)CCCC2(O)CCCC2)CC1O. The number of hydrogen-bond acceptors (Lipinski definition) is 2. The predicted octanol–water partition coefficient (Wildman–Crippen LogP) is 7.27. The van der Waals surface area contributed by atoms with Gasteiger partial charge < -0.3 is 10.2 Å². The molecule has 31 heavy (non-hydrogen) atoms. The van der Waals surface area contributed by atoms with E-state index in [2.05, 4.69) is 32.6 Å². The van der Waals surface area contributed by atoms with E-state index >= 15 is 0 Å². The zero-order chi connectivity index (χ0) is 22.1. The highest BCUT2D eigenvalue weighted by Gasteiger charge is 2.50.